The number of ether oxygens (including phenoxy) is 3. The minimum absolute atomic E-state index is 0.00404. The molecule has 1 saturated carbocycles. The lowest BCUT2D eigenvalue weighted by Crippen LogP contribution is -2.27. The van der Waals surface area contributed by atoms with E-state index in [1.807, 2.05) is 0 Å². The van der Waals surface area contributed by atoms with E-state index in [2.05, 4.69) is 16.9 Å². The molecule has 1 aromatic heterocycles. The normalized spacial score (nSPS) is 12.1. The van der Waals surface area contributed by atoms with E-state index in [9.17, 15) is 19.2 Å². The van der Waals surface area contributed by atoms with Gasteiger partial charge in [-0.25, -0.2) is 9.78 Å². The monoisotopic (exact) mass is 598 g/mol. The maximum atomic E-state index is 13.8. The average molecular weight is 599 g/mol. The third-order valence-corrected chi connectivity index (χ3v) is 7.08. The highest BCUT2D eigenvalue weighted by atomic mass is 16.7. The number of nitrogen functional groups attached to an aromatic ring is 1. The summed E-state index contributed by atoms with van der Waals surface area (Å²) in [6.45, 7) is 5.28. The minimum atomic E-state index is -0.953. The number of esters is 2. The number of hydrogen-bond acceptors (Lipinski definition) is 9. The Morgan fingerprint density at radius 3 is 2.41 bits per heavy atom. The number of nitrogens with zero attached hydrogens (tertiary/aromatic N) is 1. The molecule has 0 aliphatic heterocycles. The van der Waals surface area contributed by atoms with Gasteiger partial charge in [0.15, 0.2) is 11.5 Å². The predicted molar refractivity (Wildman–Crippen MR) is 164 cm³/mol. The summed E-state index contributed by atoms with van der Waals surface area (Å²) in [5.41, 5.74) is 7.82. The Balaban J connectivity index is 1.77. The molecule has 1 fully saturated rings. The summed E-state index contributed by atoms with van der Waals surface area (Å²) in [6.07, 6.45) is 3.72. The Kier molecular flexibility index (Phi) is 10.2. The standard InChI is InChI=1S/C33H34N4O7/c1-4-21-15-25(27(38)14-19-8-10-22(11-9-19)31(34)35)24(16-28(21)42-3)23-12-13-26(32(40)36-17-20-6-7-20)37-30(23)33(41)44-18-43-29(39)5-2/h4,8-13,15-16,20H,1,5-7,14,17-18H2,2-3H3,(H3,34,35)(H,36,40). The van der Waals surface area contributed by atoms with Gasteiger partial charge in [0.2, 0.25) is 6.79 Å². The molecule has 11 nitrogen and oxygen atoms in total. The smallest absolute Gasteiger partial charge is 0.360 e. The lowest BCUT2D eigenvalue weighted by Gasteiger charge is -2.17. The SMILES string of the molecule is C=Cc1cc(C(=O)Cc2ccc(C(=N)N)cc2)c(-c2ccc(C(=O)NCC3CC3)nc2C(=O)OCOC(=O)CC)cc1OC. The molecule has 44 heavy (non-hydrogen) atoms. The molecule has 0 unspecified atom stereocenters. The van der Waals surface area contributed by atoms with Gasteiger partial charge in [0, 0.05) is 41.6 Å². The molecule has 2 aromatic carbocycles. The number of ketones is 1. The lowest BCUT2D eigenvalue weighted by atomic mass is 9.90. The minimum Gasteiger partial charge on any atom is -0.496 e. The summed E-state index contributed by atoms with van der Waals surface area (Å²) in [7, 11) is 1.47. The Morgan fingerprint density at radius 1 is 1.07 bits per heavy atom. The maximum Gasteiger partial charge on any atom is 0.360 e. The van der Waals surface area contributed by atoms with Crippen molar-refractivity contribution in [2.24, 2.45) is 11.7 Å². The zero-order valence-electron chi connectivity index (χ0n) is 24.6. The van der Waals surface area contributed by atoms with Gasteiger partial charge < -0.3 is 25.3 Å². The molecule has 3 aromatic rings. The second-order valence-corrected chi connectivity index (χ2v) is 10.2. The fraction of sp³-hybridized carbons (Fsp3) is 0.273. The van der Waals surface area contributed by atoms with Crippen molar-refractivity contribution < 1.29 is 33.4 Å². The van der Waals surface area contributed by atoms with Crippen LogP contribution in [0.4, 0.5) is 0 Å². The molecule has 1 aliphatic rings. The van der Waals surface area contributed by atoms with Crippen LogP contribution in [0.15, 0.2) is 55.1 Å². The third kappa shape index (κ3) is 7.74. The van der Waals surface area contributed by atoms with Crippen LogP contribution in [-0.2, 0) is 20.7 Å². The number of pyridine rings is 1. The summed E-state index contributed by atoms with van der Waals surface area (Å²) in [4.78, 5) is 55.9. The first-order chi connectivity index (χ1) is 21.1. The van der Waals surface area contributed by atoms with Crippen molar-refractivity contribution in [1.29, 1.82) is 5.41 Å². The second kappa shape index (κ2) is 14.2. The highest BCUT2D eigenvalue weighted by molar-refractivity contribution is 6.07. The van der Waals surface area contributed by atoms with Gasteiger partial charge in [-0.2, -0.15) is 0 Å². The molecule has 4 rings (SSSR count). The van der Waals surface area contributed by atoms with Crippen LogP contribution in [-0.4, -0.2) is 54.9 Å². The summed E-state index contributed by atoms with van der Waals surface area (Å²) in [6, 6.07) is 12.9. The summed E-state index contributed by atoms with van der Waals surface area (Å²) in [5, 5.41) is 10.4. The van der Waals surface area contributed by atoms with E-state index in [-0.39, 0.29) is 47.0 Å². The molecular formula is C33H34N4O7. The van der Waals surface area contributed by atoms with E-state index in [1.165, 1.54) is 19.2 Å². The van der Waals surface area contributed by atoms with Crippen molar-refractivity contribution in [2.75, 3.05) is 20.4 Å². The Bertz CT molecular complexity index is 1610. The number of methoxy groups -OCH3 is 1. The summed E-state index contributed by atoms with van der Waals surface area (Å²) >= 11 is 0. The number of benzene rings is 2. The van der Waals surface area contributed by atoms with Gasteiger partial charge in [0.1, 0.15) is 17.3 Å². The van der Waals surface area contributed by atoms with Crippen LogP contribution in [0.25, 0.3) is 17.2 Å². The number of carbonyl (C=O) groups is 4. The largest absolute Gasteiger partial charge is 0.496 e. The lowest BCUT2D eigenvalue weighted by molar-refractivity contribution is -0.151. The van der Waals surface area contributed by atoms with Crippen molar-refractivity contribution >= 4 is 35.5 Å². The highest BCUT2D eigenvalue weighted by Gasteiger charge is 2.26. The van der Waals surface area contributed by atoms with Crippen molar-refractivity contribution in [3.63, 3.8) is 0 Å². The number of rotatable bonds is 14. The van der Waals surface area contributed by atoms with Crippen LogP contribution >= 0.6 is 0 Å². The second-order valence-electron chi connectivity index (χ2n) is 10.2. The molecule has 1 heterocycles. The first-order valence-corrected chi connectivity index (χ1v) is 14.1. The van der Waals surface area contributed by atoms with E-state index < -0.39 is 24.6 Å². The van der Waals surface area contributed by atoms with Gasteiger partial charge in [-0.3, -0.25) is 19.8 Å². The van der Waals surface area contributed by atoms with Gasteiger partial charge in [-0.1, -0.05) is 43.8 Å². The van der Waals surface area contributed by atoms with Gasteiger partial charge in [-0.05, 0) is 54.2 Å². The van der Waals surface area contributed by atoms with E-state index in [0.717, 1.165) is 12.8 Å². The molecule has 0 bridgehead atoms. The Hall–Kier alpha value is -5.32. The van der Waals surface area contributed by atoms with Crippen molar-refractivity contribution in [3.8, 4) is 16.9 Å². The van der Waals surface area contributed by atoms with Gasteiger partial charge in [0.05, 0.1) is 7.11 Å². The number of amides is 1. The Morgan fingerprint density at radius 2 is 1.80 bits per heavy atom. The first kappa shape index (κ1) is 31.6. The molecule has 1 aliphatic carbocycles. The van der Waals surface area contributed by atoms with Gasteiger partial charge in [-0.15, -0.1) is 0 Å². The molecule has 4 N–H and O–H groups in total. The quantitative estimate of drug-likeness (QED) is 0.0804. The fourth-order valence-electron chi connectivity index (χ4n) is 4.40. The summed E-state index contributed by atoms with van der Waals surface area (Å²) in [5.74, 6) is -1.53. The number of amidine groups is 1. The fourth-order valence-corrected chi connectivity index (χ4v) is 4.40. The van der Waals surface area contributed by atoms with Gasteiger partial charge >= 0.3 is 11.9 Å². The highest BCUT2D eigenvalue weighted by Crippen LogP contribution is 2.35. The molecule has 0 radical (unpaired) electrons. The predicted octanol–water partition coefficient (Wildman–Crippen LogP) is 4.32. The molecular weight excluding hydrogens is 564 g/mol. The van der Waals surface area contributed by atoms with E-state index >= 15 is 0 Å². The number of carbonyl (C=O) groups excluding carboxylic acids is 4. The van der Waals surface area contributed by atoms with Crippen LogP contribution in [0.5, 0.6) is 5.75 Å². The van der Waals surface area contributed by atoms with Crippen LogP contribution in [0.1, 0.15) is 74.2 Å². The molecule has 1 amide bonds. The summed E-state index contributed by atoms with van der Waals surface area (Å²) < 4.78 is 15.6. The number of aromatic nitrogens is 1. The molecule has 0 atom stereocenters. The number of Topliss-reactive ketones (excluding diaryl/α,β-unsaturated/α-hetero) is 1. The molecule has 228 valence electrons. The van der Waals surface area contributed by atoms with Gasteiger partial charge in [0.25, 0.3) is 5.91 Å². The zero-order chi connectivity index (χ0) is 31.8. The number of nitrogens with two attached hydrogens (primary N) is 1. The number of hydrogen-bond donors (Lipinski definition) is 3. The van der Waals surface area contributed by atoms with Crippen LogP contribution < -0.4 is 15.8 Å². The van der Waals surface area contributed by atoms with Crippen molar-refractivity contribution in [1.82, 2.24) is 10.3 Å². The maximum absolute atomic E-state index is 13.8. The van der Waals surface area contributed by atoms with Crippen molar-refractivity contribution in [2.45, 2.75) is 32.6 Å². The molecule has 11 heteroatoms. The van der Waals surface area contributed by atoms with Crippen LogP contribution in [0, 0.1) is 11.3 Å². The van der Waals surface area contributed by atoms with Crippen LogP contribution in [0.3, 0.4) is 0 Å². The Labute approximate surface area is 254 Å². The third-order valence-electron chi connectivity index (χ3n) is 7.08. The zero-order valence-corrected chi connectivity index (χ0v) is 24.6. The molecule has 0 saturated heterocycles. The van der Waals surface area contributed by atoms with Crippen molar-refractivity contribution in [3.05, 3.63) is 88.8 Å². The molecule has 0 spiro atoms. The average Bonchev–Trinajstić information content (AvgIpc) is 3.87. The van der Waals surface area contributed by atoms with E-state index in [4.69, 9.17) is 25.4 Å². The van der Waals surface area contributed by atoms with E-state index in [1.54, 1.807) is 49.4 Å². The first-order valence-electron chi connectivity index (χ1n) is 14.1. The number of nitrogens with one attached hydrogen (secondary N) is 2. The van der Waals surface area contributed by atoms with E-state index in [0.29, 0.717) is 40.5 Å². The topological polar surface area (TPSA) is 171 Å². The van der Waals surface area contributed by atoms with Crippen LogP contribution in [0.2, 0.25) is 0 Å².